The Bertz CT molecular complexity index is 1380. The Morgan fingerprint density at radius 1 is 0.951 bits per heavy atom. The van der Waals surface area contributed by atoms with Crippen molar-refractivity contribution >= 4 is 17.8 Å². The minimum absolute atomic E-state index is 0.144. The van der Waals surface area contributed by atoms with Crippen molar-refractivity contribution in [1.29, 1.82) is 0 Å². The third-order valence-electron chi connectivity index (χ3n) is 7.26. The second-order valence-corrected chi connectivity index (χ2v) is 10.9. The quantitative estimate of drug-likeness (QED) is 0.224. The molecule has 0 radical (unpaired) electrons. The summed E-state index contributed by atoms with van der Waals surface area (Å²) in [4.78, 5) is 40.6. The molecule has 1 saturated heterocycles. The molecule has 0 aromatic heterocycles. The van der Waals surface area contributed by atoms with Gasteiger partial charge in [0.1, 0.15) is 17.3 Å². The molecule has 3 aromatic rings. The van der Waals surface area contributed by atoms with Crippen LogP contribution in [0.1, 0.15) is 47.8 Å². The lowest BCUT2D eigenvalue weighted by atomic mass is 9.84. The molecular formula is C33H36FNO6. The van der Waals surface area contributed by atoms with Crippen molar-refractivity contribution in [2.75, 3.05) is 19.7 Å². The Kier molecular flexibility index (Phi) is 9.11. The number of amides is 1. The number of rotatable bonds is 9. The van der Waals surface area contributed by atoms with Gasteiger partial charge in [-0.2, -0.15) is 0 Å². The summed E-state index contributed by atoms with van der Waals surface area (Å²) in [5.41, 5.74) is 1.90. The van der Waals surface area contributed by atoms with Crippen LogP contribution in [0.4, 0.5) is 9.18 Å². The summed E-state index contributed by atoms with van der Waals surface area (Å²) >= 11 is 0. The molecule has 3 aromatic carbocycles. The SMILES string of the molecule is CCOC(=O)C(C)(C)Oc1c(C)cc(C[C@H]2CN(C(=O)Oc3ccccc3)C[C@@H]2C(=O)c2ccc(F)cc2)cc1C. The molecule has 216 valence electrons. The number of Topliss-reactive ketones (excluding diaryl/α,β-unsaturated/α-hetero) is 1. The zero-order chi connectivity index (χ0) is 29.7. The second kappa shape index (κ2) is 12.5. The van der Waals surface area contributed by atoms with Crippen molar-refractivity contribution in [3.63, 3.8) is 0 Å². The Hall–Kier alpha value is -4.20. The van der Waals surface area contributed by atoms with Crippen LogP contribution in [0.15, 0.2) is 66.7 Å². The highest BCUT2D eigenvalue weighted by atomic mass is 19.1. The van der Waals surface area contributed by atoms with E-state index < -0.39 is 29.4 Å². The predicted octanol–water partition coefficient (Wildman–Crippen LogP) is 6.34. The average molecular weight is 562 g/mol. The first kappa shape index (κ1) is 29.8. The molecule has 0 aliphatic carbocycles. The van der Waals surface area contributed by atoms with Gasteiger partial charge in [0.05, 0.1) is 6.61 Å². The van der Waals surface area contributed by atoms with Gasteiger partial charge < -0.3 is 19.1 Å². The van der Waals surface area contributed by atoms with E-state index in [1.54, 1.807) is 49.9 Å². The predicted molar refractivity (Wildman–Crippen MR) is 153 cm³/mol. The molecular weight excluding hydrogens is 525 g/mol. The lowest BCUT2D eigenvalue weighted by Crippen LogP contribution is -2.40. The molecule has 1 heterocycles. The molecule has 0 unspecified atom stereocenters. The summed E-state index contributed by atoms with van der Waals surface area (Å²) < 4.78 is 30.4. The lowest BCUT2D eigenvalue weighted by molar-refractivity contribution is -0.158. The standard InChI is InChI=1S/C33H36FNO6/c1-6-39-31(37)33(4,5)41-30-21(2)16-23(17-22(30)3)18-25-19-35(32(38)40-27-10-8-7-9-11-27)20-28(25)29(36)24-12-14-26(34)15-13-24/h7-17,25,28H,6,18-20H2,1-5H3/t25-,28-/m0/s1. The summed E-state index contributed by atoms with van der Waals surface area (Å²) in [6.07, 6.45) is 0.00331. The van der Waals surface area contributed by atoms with Crippen LogP contribution in [0.5, 0.6) is 11.5 Å². The Morgan fingerprint density at radius 3 is 2.20 bits per heavy atom. The zero-order valence-corrected chi connectivity index (χ0v) is 24.1. The maximum atomic E-state index is 13.6. The first-order chi connectivity index (χ1) is 19.5. The van der Waals surface area contributed by atoms with Crippen LogP contribution in [-0.4, -0.2) is 48.0 Å². The summed E-state index contributed by atoms with van der Waals surface area (Å²) in [7, 11) is 0. The number of ether oxygens (including phenoxy) is 3. The fourth-order valence-electron chi connectivity index (χ4n) is 5.23. The number of hydrogen-bond donors (Lipinski definition) is 0. The van der Waals surface area contributed by atoms with Gasteiger partial charge in [-0.25, -0.2) is 14.0 Å². The fourth-order valence-corrected chi connectivity index (χ4v) is 5.23. The van der Waals surface area contributed by atoms with E-state index in [0.29, 0.717) is 30.0 Å². The first-order valence-corrected chi connectivity index (χ1v) is 13.8. The molecule has 0 N–H and O–H groups in total. The number of para-hydroxylation sites is 1. The van der Waals surface area contributed by atoms with Gasteiger partial charge in [0, 0.05) is 24.6 Å². The van der Waals surface area contributed by atoms with E-state index in [4.69, 9.17) is 14.2 Å². The first-order valence-electron chi connectivity index (χ1n) is 13.8. The van der Waals surface area contributed by atoms with Crippen molar-refractivity contribution in [3.05, 3.63) is 94.8 Å². The van der Waals surface area contributed by atoms with Crippen molar-refractivity contribution in [2.24, 2.45) is 11.8 Å². The number of ketones is 1. The lowest BCUT2D eigenvalue weighted by Gasteiger charge is -2.27. The topological polar surface area (TPSA) is 82.1 Å². The molecule has 1 amide bonds. The number of esters is 1. The molecule has 41 heavy (non-hydrogen) atoms. The number of halogens is 1. The molecule has 0 spiro atoms. The average Bonchev–Trinajstić information content (AvgIpc) is 3.35. The summed E-state index contributed by atoms with van der Waals surface area (Å²) in [6, 6.07) is 18.2. The normalized spacial score (nSPS) is 16.8. The molecule has 1 aliphatic rings. The van der Waals surface area contributed by atoms with Gasteiger partial charge in [-0.3, -0.25) is 4.79 Å². The van der Waals surface area contributed by atoms with Gasteiger partial charge in [0.2, 0.25) is 0 Å². The highest BCUT2D eigenvalue weighted by Crippen LogP contribution is 2.34. The van der Waals surface area contributed by atoms with Gasteiger partial charge in [-0.15, -0.1) is 0 Å². The van der Waals surface area contributed by atoms with Crippen molar-refractivity contribution < 1.29 is 33.0 Å². The van der Waals surface area contributed by atoms with Crippen LogP contribution in [0.3, 0.4) is 0 Å². The number of aryl methyl sites for hydroxylation is 2. The minimum atomic E-state index is -1.16. The van der Waals surface area contributed by atoms with Crippen LogP contribution >= 0.6 is 0 Å². The van der Waals surface area contributed by atoms with Gasteiger partial charge in [0.15, 0.2) is 11.4 Å². The van der Waals surface area contributed by atoms with E-state index in [-0.39, 0.29) is 24.9 Å². The molecule has 8 heteroatoms. The monoisotopic (exact) mass is 561 g/mol. The third kappa shape index (κ3) is 7.12. The van der Waals surface area contributed by atoms with E-state index >= 15 is 0 Å². The molecule has 7 nitrogen and oxygen atoms in total. The maximum Gasteiger partial charge on any atom is 0.415 e. The summed E-state index contributed by atoms with van der Waals surface area (Å²) in [5, 5.41) is 0. The Morgan fingerprint density at radius 2 is 1.59 bits per heavy atom. The fraction of sp³-hybridized carbons (Fsp3) is 0.364. The largest absolute Gasteiger partial charge is 0.476 e. The highest BCUT2D eigenvalue weighted by molar-refractivity contribution is 5.98. The summed E-state index contributed by atoms with van der Waals surface area (Å²) in [5.74, 6) is -0.675. The van der Waals surface area contributed by atoms with E-state index in [9.17, 15) is 18.8 Å². The van der Waals surface area contributed by atoms with Crippen LogP contribution in [0, 0.1) is 31.5 Å². The van der Waals surface area contributed by atoms with E-state index in [0.717, 1.165) is 16.7 Å². The van der Waals surface area contributed by atoms with Crippen LogP contribution in [-0.2, 0) is 16.0 Å². The third-order valence-corrected chi connectivity index (χ3v) is 7.26. The number of carbonyl (C=O) groups excluding carboxylic acids is 3. The number of nitrogens with zero attached hydrogens (tertiary/aromatic N) is 1. The van der Waals surface area contributed by atoms with Crippen LogP contribution < -0.4 is 9.47 Å². The highest BCUT2D eigenvalue weighted by Gasteiger charge is 2.41. The van der Waals surface area contributed by atoms with Gasteiger partial charge in [-0.1, -0.05) is 30.3 Å². The minimum Gasteiger partial charge on any atom is -0.476 e. The van der Waals surface area contributed by atoms with E-state index in [1.807, 2.05) is 32.0 Å². The molecule has 4 rings (SSSR count). The number of benzene rings is 3. The van der Waals surface area contributed by atoms with Crippen molar-refractivity contribution in [2.45, 2.75) is 46.6 Å². The number of hydrogen-bond acceptors (Lipinski definition) is 6. The van der Waals surface area contributed by atoms with Gasteiger partial charge >= 0.3 is 12.1 Å². The molecule has 0 saturated carbocycles. The Balaban J connectivity index is 1.57. The molecule has 1 aliphatic heterocycles. The molecule has 2 atom stereocenters. The van der Waals surface area contributed by atoms with Crippen molar-refractivity contribution in [1.82, 2.24) is 4.90 Å². The maximum absolute atomic E-state index is 13.6. The van der Waals surface area contributed by atoms with Gasteiger partial charge in [-0.05, 0) is 100 Å². The van der Waals surface area contributed by atoms with E-state index in [2.05, 4.69) is 0 Å². The zero-order valence-electron chi connectivity index (χ0n) is 24.1. The number of carbonyl (C=O) groups is 3. The number of likely N-dealkylation sites (tertiary alicyclic amines) is 1. The second-order valence-electron chi connectivity index (χ2n) is 10.9. The summed E-state index contributed by atoms with van der Waals surface area (Å²) in [6.45, 7) is 9.69. The smallest absolute Gasteiger partial charge is 0.415 e. The van der Waals surface area contributed by atoms with E-state index in [1.165, 1.54) is 24.3 Å². The van der Waals surface area contributed by atoms with Crippen LogP contribution in [0.25, 0.3) is 0 Å². The van der Waals surface area contributed by atoms with Crippen molar-refractivity contribution in [3.8, 4) is 11.5 Å². The van der Waals surface area contributed by atoms with Gasteiger partial charge in [0.25, 0.3) is 0 Å². The molecule has 0 bridgehead atoms. The van der Waals surface area contributed by atoms with Crippen LogP contribution in [0.2, 0.25) is 0 Å². The molecule has 1 fully saturated rings. The Labute approximate surface area is 240 Å².